The minimum Gasteiger partial charge on any atom is -0.497 e. The predicted molar refractivity (Wildman–Crippen MR) is 99.0 cm³/mol. The smallest absolute Gasteiger partial charge is 0.251 e. The number of aliphatic hydroxyl groups excluding tert-OH is 1. The SMILES string of the molecule is C=CCOc1ccc(C(=O)NCC(O)c2ccc(OC)cc2)cc1OC. The zero-order valence-electron chi connectivity index (χ0n) is 14.9. The van der Waals surface area contributed by atoms with E-state index in [1.165, 1.54) is 7.11 Å². The lowest BCUT2D eigenvalue weighted by Crippen LogP contribution is -2.28. The maximum atomic E-state index is 12.3. The lowest BCUT2D eigenvalue weighted by Gasteiger charge is -2.14. The number of methoxy groups -OCH3 is 2. The zero-order valence-corrected chi connectivity index (χ0v) is 14.9. The standard InChI is InChI=1S/C20H23NO5/c1-4-11-26-18-10-7-15(12-19(18)25-3)20(23)21-13-17(22)14-5-8-16(24-2)9-6-14/h4-10,12,17,22H,1,11,13H2,2-3H3,(H,21,23). The quantitative estimate of drug-likeness (QED) is 0.675. The Morgan fingerprint density at radius 1 is 1.15 bits per heavy atom. The van der Waals surface area contributed by atoms with E-state index in [0.29, 0.717) is 35.0 Å². The molecule has 138 valence electrons. The number of aliphatic hydroxyl groups is 1. The number of amides is 1. The largest absolute Gasteiger partial charge is 0.497 e. The van der Waals surface area contributed by atoms with Gasteiger partial charge in [0.15, 0.2) is 11.5 Å². The van der Waals surface area contributed by atoms with E-state index in [9.17, 15) is 9.90 Å². The molecule has 2 aromatic rings. The van der Waals surface area contributed by atoms with Gasteiger partial charge in [-0.3, -0.25) is 4.79 Å². The summed E-state index contributed by atoms with van der Waals surface area (Å²) in [6.45, 7) is 4.02. The summed E-state index contributed by atoms with van der Waals surface area (Å²) in [5, 5.41) is 12.9. The molecule has 6 nitrogen and oxygen atoms in total. The van der Waals surface area contributed by atoms with Crippen LogP contribution in [0.15, 0.2) is 55.1 Å². The Labute approximate surface area is 153 Å². The van der Waals surface area contributed by atoms with E-state index in [2.05, 4.69) is 11.9 Å². The normalized spacial score (nSPS) is 11.3. The Hall–Kier alpha value is -2.99. The summed E-state index contributed by atoms with van der Waals surface area (Å²) in [6.07, 6.45) is 0.808. The van der Waals surface area contributed by atoms with Crippen molar-refractivity contribution in [2.24, 2.45) is 0 Å². The topological polar surface area (TPSA) is 77.0 Å². The van der Waals surface area contributed by atoms with Gasteiger partial charge in [0.1, 0.15) is 12.4 Å². The van der Waals surface area contributed by atoms with Crippen LogP contribution in [0.4, 0.5) is 0 Å². The molecule has 0 saturated heterocycles. The first-order valence-electron chi connectivity index (χ1n) is 8.11. The summed E-state index contributed by atoms with van der Waals surface area (Å²) >= 11 is 0. The summed E-state index contributed by atoms with van der Waals surface area (Å²) in [7, 11) is 3.08. The van der Waals surface area contributed by atoms with Crippen molar-refractivity contribution in [3.05, 3.63) is 66.2 Å². The lowest BCUT2D eigenvalue weighted by atomic mass is 10.1. The Morgan fingerprint density at radius 2 is 1.88 bits per heavy atom. The van der Waals surface area contributed by atoms with Gasteiger partial charge in [-0.05, 0) is 35.9 Å². The molecule has 0 spiro atoms. The molecule has 0 aliphatic carbocycles. The lowest BCUT2D eigenvalue weighted by molar-refractivity contribution is 0.0916. The van der Waals surface area contributed by atoms with Crippen molar-refractivity contribution in [1.29, 1.82) is 0 Å². The van der Waals surface area contributed by atoms with E-state index < -0.39 is 6.10 Å². The number of hydrogen-bond acceptors (Lipinski definition) is 5. The molecule has 1 unspecified atom stereocenters. The number of carbonyl (C=O) groups is 1. The number of rotatable bonds is 9. The molecule has 0 aliphatic heterocycles. The van der Waals surface area contributed by atoms with Crippen molar-refractivity contribution < 1.29 is 24.1 Å². The van der Waals surface area contributed by atoms with Gasteiger partial charge in [-0.2, -0.15) is 0 Å². The van der Waals surface area contributed by atoms with Gasteiger partial charge >= 0.3 is 0 Å². The van der Waals surface area contributed by atoms with Gasteiger partial charge in [0.05, 0.1) is 20.3 Å². The molecule has 0 saturated carbocycles. The zero-order chi connectivity index (χ0) is 18.9. The molecule has 1 amide bonds. The van der Waals surface area contributed by atoms with Crippen LogP contribution in [-0.4, -0.2) is 38.4 Å². The van der Waals surface area contributed by atoms with E-state index in [4.69, 9.17) is 14.2 Å². The summed E-state index contributed by atoms with van der Waals surface area (Å²) in [5.74, 6) is 1.37. The first-order valence-corrected chi connectivity index (χ1v) is 8.11. The van der Waals surface area contributed by atoms with Crippen LogP contribution in [0.2, 0.25) is 0 Å². The number of nitrogens with one attached hydrogen (secondary N) is 1. The molecule has 0 aromatic heterocycles. The van der Waals surface area contributed by atoms with E-state index in [1.807, 2.05) is 0 Å². The molecule has 0 fully saturated rings. The molecule has 1 atom stereocenters. The van der Waals surface area contributed by atoms with E-state index in [-0.39, 0.29) is 12.5 Å². The highest BCUT2D eigenvalue weighted by molar-refractivity contribution is 5.94. The summed E-state index contributed by atoms with van der Waals surface area (Å²) in [6, 6.07) is 11.9. The summed E-state index contributed by atoms with van der Waals surface area (Å²) in [4.78, 5) is 12.3. The van der Waals surface area contributed by atoms with Crippen LogP contribution in [-0.2, 0) is 0 Å². The van der Waals surface area contributed by atoms with Crippen molar-refractivity contribution in [2.75, 3.05) is 27.4 Å². The summed E-state index contributed by atoms with van der Waals surface area (Å²) < 4.78 is 15.8. The van der Waals surface area contributed by atoms with Gasteiger partial charge in [0, 0.05) is 12.1 Å². The number of ether oxygens (including phenoxy) is 3. The third-order valence-electron chi connectivity index (χ3n) is 3.74. The number of benzene rings is 2. The second-order valence-electron chi connectivity index (χ2n) is 5.46. The molecule has 0 radical (unpaired) electrons. The van der Waals surface area contributed by atoms with Gasteiger partial charge in [0.2, 0.25) is 0 Å². The van der Waals surface area contributed by atoms with Crippen LogP contribution in [0.25, 0.3) is 0 Å². The number of carbonyl (C=O) groups excluding carboxylic acids is 1. The Balaban J connectivity index is 1.98. The molecule has 2 rings (SSSR count). The fourth-order valence-electron chi connectivity index (χ4n) is 2.31. The minimum absolute atomic E-state index is 0.0855. The average molecular weight is 357 g/mol. The third-order valence-corrected chi connectivity index (χ3v) is 3.74. The maximum absolute atomic E-state index is 12.3. The van der Waals surface area contributed by atoms with Crippen LogP contribution < -0.4 is 19.5 Å². The number of hydrogen-bond donors (Lipinski definition) is 2. The van der Waals surface area contributed by atoms with Gasteiger partial charge in [-0.1, -0.05) is 24.8 Å². The van der Waals surface area contributed by atoms with E-state index in [1.54, 1.807) is 55.7 Å². The minimum atomic E-state index is -0.818. The Bertz CT molecular complexity index is 742. The highest BCUT2D eigenvalue weighted by atomic mass is 16.5. The van der Waals surface area contributed by atoms with E-state index >= 15 is 0 Å². The summed E-state index contributed by atoms with van der Waals surface area (Å²) in [5.41, 5.74) is 1.10. The van der Waals surface area contributed by atoms with Gasteiger partial charge in [0.25, 0.3) is 5.91 Å². The first-order chi connectivity index (χ1) is 12.6. The third kappa shape index (κ3) is 5.00. The fourth-order valence-corrected chi connectivity index (χ4v) is 2.31. The molecule has 0 bridgehead atoms. The van der Waals surface area contributed by atoms with Crippen molar-refractivity contribution >= 4 is 5.91 Å². The van der Waals surface area contributed by atoms with Crippen molar-refractivity contribution in [2.45, 2.75) is 6.10 Å². The molecule has 26 heavy (non-hydrogen) atoms. The van der Waals surface area contributed by atoms with Crippen molar-refractivity contribution in [1.82, 2.24) is 5.32 Å². The van der Waals surface area contributed by atoms with Crippen LogP contribution >= 0.6 is 0 Å². The van der Waals surface area contributed by atoms with Crippen LogP contribution in [0.5, 0.6) is 17.2 Å². The highest BCUT2D eigenvalue weighted by Gasteiger charge is 2.13. The highest BCUT2D eigenvalue weighted by Crippen LogP contribution is 2.28. The Morgan fingerprint density at radius 3 is 2.50 bits per heavy atom. The van der Waals surface area contributed by atoms with Crippen LogP contribution in [0, 0.1) is 0 Å². The molecule has 6 heteroatoms. The predicted octanol–water partition coefficient (Wildman–Crippen LogP) is 2.73. The van der Waals surface area contributed by atoms with Gasteiger partial charge in [-0.15, -0.1) is 0 Å². The molecular formula is C20H23NO5. The molecule has 2 aromatic carbocycles. The molecular weight excluding hydrogens is 334 g/mol. The monoisotopic (exact) mass is 357 g/mol. The van der Waals surface area contributed by atoms with Gasteiger partial charge < -0.3 is 24.6 Å². The second-order valence-corrected chi connectivity index (χ2v) is 5.46. The average Bonchev–Trinajstić information content (AvgIpc) is 2.70. The molecule has 0 heterocycles. The second kappa shape index (κ2) is 9.48. The first kappa shape index (κ1) is 19.3. The van der Waals surface area contributed by atoms with Crippen LogP contribution in [0.3, 0.4) is 0 Å². The Kier molecular flexibility index (Phi) is 7.05. The van der Waals surface area contributed by atoms with E-state index in [0.717, 1.165) is 0 Å². The maximum Gasteiger partial charge on any atom is 0.251 e. The fraction of sp³-hybridized carbons (Fsp3) is 0.250. The molecule has 2 N–H and O–H groups in total. The van der Waals surface area contributed by atoms with Crippen molar-refractivity contribution in [3.8, 4) is 17.2 Å². The van der Waals surface area contributed by atoms with Crippen LogP contribution in [0.1, 0.15) is 22.0 Å². The molecule has 0 aliphatic rings. The van der Waals surface area contributed by atoms with Gasteiger partial charge in [-0.25, -0.2) is 0 Å². The van der Waals surface area contributed by atoms with Crippen molar-refractivity contribution in [3.63, 3.8) is 0 Å².